The van der Waals surface area contributed by atoms with Gasteiger partial charge >= 0.3 is 0 Å². The van der Waals surface area contributed by atoms with Crippen molar-refractivity contribution in [2.75, 3.05) is 17.7 Å². The third-order valence-corrected chi connectivity index (χ3v) is 2.70. The number of nitrogens with one attached hydrogen (secondary N) is 2. The van der Waals surface area contributed by atoms with Crippen LogP contribution in [0.2, 0.25) is 0 Å². The second kappa shape index (κ2) is 5.99. The summed E-state index contributed by atoms with van der Waals surface area (Å²) in [5.74, 6) is 2.21. The molecule has 2 aromatic rings. The van der Waals surface area contributed by atoms with E-state index in [2.05, 4.69) is 41.4 Å². The minimum absolute atomic E-state index is 0.0435. The van der Waals surface area contributed by atoms with Crippen molar-refractivity contribution < 1.29 is 4.74 Å². The fourth-order valence-electron chi connectivity index (χ4n) is 1.88. The average Bonchev–Trinajstić information content (AvgIpc) is 2.36. The van der Waals surface area contributed by atoms with Gasteiger partial charge < -0.3 is 15.4 Å². The summed E-state index contributed by atoms with van der Waals surface area (Å²) >= 11 is 0. The number of benzene rings is 1. The van der Waals surface area contributed by atoms with Crippen molar-refractivity contribution in [3.8, 4) is 5.75 Å². The van der Waals surface area contributed by atoms with Crippen LogP contribution in [0.4, 0.5) is 17.5 Å². The fraction of sp³-hybridized carbons (Fsp3) is 0.375. The highest BCUT2D eigenvalue weighted by Gasteiger charge is 2.11. The highest BCUT2D eigenvalue weighted by atomic mass is 16.5. The molecule has 0 saturated carbocycles. The zero-order valence-corrected chi connectivity index (χ0v) is 13.2. The monoisotopic (exact) mass is 286 g/mol. The average molecular weight is 286 g/mol. The maximum atomic E-state index is 5.14. The molecule has 0 unspecified atom stereocenters. The second-order valence-corrected chi connectivity index (χ2v) is 5.95. The van der Waals surface area contributed by atoms with E-state index in [9.17, 15) is 0 Å². The Labute approximate surface area is 125 Å². The van der Waals surface area contributed by atoms with E-state index in [1.54, 1.807) is 7.11 Å². The lowest BCUT2D eigenvalue weighted by Crippen LogP contribution is -2.27. The van der Waals surface area contributed by atoms with Crippen molar-refractivity contribution in [2.24, 2.45) is 0 Å². The largest absolute Gasteiger partial charge is 0.497 e. The number of hydrogen-bond donors (Lipinski definition) is 2. The molecule has 0 radical (unpaired) electrons. The minimum atomic E-state index is -0.0435. The van der Waals surface area contributed by atoms with Gasteiger partial charge in [0.05, 0.1) is 7.11 Å². The summed E-state index contributed by atoms with van der Waals surface area (Å²) < 4.78 is 5.14. The van der Waals surface area contributed by atoms with Crippen molar-refractivity contribution >= 4 is 17.5 Å². The molecule has 2 rings (SSSR count). The molecule has 0 fully saturated rings. The van der Waals surface area contributed by atoms with Gasteiger partial charge in [0.15, 0.2) is 0 Å². The predicted molar refractivity (Wildman–Crippen MR) is 86.4 cm³/mol. The number of ether oxygens (including phenoxy) is 1. The van der Waals surface area contributed by atoms with E-state index < -0.39 is 0 Å². The Morgan fingerprint density at radius 1 is 1.05 bits per heavy atom. The summed E-state index contributed by atoms with van der Waals surface area (Å²) in [6, 6.07) is 9.59. The molecular formula is C16H22N4O. The zero-order valence-electron chi connectivity index (χ0n) is 13.2. The van der Waals surface area contributed by atoms with Crippen LogP contribution >= 0.6 is 0 Å². The smallest absolute Gasteiger partial charge is 0.229 e. The van der Waals surface area contributed by atoms with Crippen LogP contribution in [0.3, 0.4) is 0 Å². The molecule has 0 aliphatic heterocycles. The molecule has 0 aliphatic carbocycles. The van der Waals surface area contributed by atoms with Crippen LogP contribution in [-0.4, -0.2) is 22.6 Å². The van der Waals surface area contributed by atoms with E-state index in [4.69, 9.17) is 4.74 Å². The standard InChI is InChI=1S/C16H22N4O/c1-11-10-14(20-16(2,3)4)19-15(17-11)18-12-6-8-13(21-5)9-7-12/h6-10H,1-5H3,(H2,17,18,19,20). The lowest BCUT2D eigenvalue weighted by molar-refractivity contribution is 0.415. The first-order chi connectivity index (χ1) is 9.85. The first kappa shape index (κ1) is 15.1. The van der Waals surface area contributed by atoms with Gasteiger partial charge in [0.2, 0.25) is 5.95 Å². The van der Waals surface area contributed by atoms with Gasteiger partial charge in [0, 0.05) is 23.0 Å². The molecule has 0 amide bonds. The number of aryl methyl sites for hydroxylation is 1. The molecule has 1 heterocycles. The van der Waals surface area contributed by atoms with E-state index >= 15 is 0 Å². The number of hydrogen-bond acceptors (Lipinski definition) is 5. The fourth-order valence-corrected chi connectivity index (χ4v) is 1.88. The number of methoxy groups -OCH3 is 1. The summed E-state index contributed by atoms with van der Waals surface area (Å²) in [6.45, 7) is 8.25. The lowest BCUT2D eigenvalue weighted by atomic mass is 10.1. The third kappa shape index (κ3) is 4.63. The van der Waals surface area contributed by atoms with Crippen LogP contribution in [0, 0.1) is 6.92 Å². The Balaban J connectivity index is 2.19. The molecule has 1 aromatic heterocycles. The topological polar surface area (TPSA) is 59.1 Å². The Morgan fingerprint density at radius 2 is 1.71 bits per heavy atom. The van der Waals surface area contributed by atoms with Crippen molar-refractivity contribution in [1.29, 1.82) is 0 Å². The third-order valence-electron chi connectivity index (χ3n) is 2.70. The molecule has 2 N–H and O–H groups in total. The Hall–Kier alpha value is -2.30. The molecule has 21 heavy (non-hydrogen) atoms. The van der Waals surface area contributed by atoms with Crippen LogP contribution < -0.4 is 15.4 Å². The molecule has 0 saturated heterocycles. The van der Waals surface area contributed by atoms with Gasteiger partial charge in [0.25, 0.3) is 0 Å². The van der Waals surface area contributed by atoms with Crippen LogP contribution in [-0.2, 0) is 0 Å². The highest BCUT2D eigenvalue weighted by molar-refractivity contribution is 5.56. The number of rotatable bonds is 4. The van der Waals surface area contributed by atoms with Gasteiger partial charge in [-0.15, -0.1) is 0 Å². The Kier molecular flexibility index (Phi) is 4.31. The SMILES string of the molecule is COc1ccc(Nc2nc(C)cc(NC(C)(C)C)n2)cc1. The second-order valence-electron chi connectivity index (χ2n) is 5.95. The number of nitrogens with zero attached hydrogens (tertiary/aromatic N) is 2. The maximum Gasteiger partial charge on any atom is 0.229 e. The van der Waals surface area contributed by atoms with Crippen LogP contribution in [0.15, 0.2) is 30.3 Å². The van der Waals surface area contributed by atoms with Crippen molar-refractivity contribution in [1.82, 2.24) is 9.97 Å². The molecule has 0 aliphatic rings. The van der Waals surface area contributed by atoms with Gasteiger partial charge in [-0.05, 0) is 52.0 Å². The van der Waals surface area contributed by atoms with E-state index in [-0.39, 0.29) is 5.54 Å². The van der Waals surface area contributed by atoms with Gasteiger partial charge in [-0.25, -0.2) is 4.98 Å². The number of anilines is 3. The molecule has 112 valence electrons. The van der Waals surface area contributed by atoms with E-state index in [1.165, 1.54) is 0 Å². The number of aromatic nitrogens is 2. The predicted octanol–water partition coefficient (Wildman–Crippen LogP) is 3.75. The van der Waals surface area contributed by atoms with Gasteiger partial charge in [-0.3, -0.25) is 0 Å². The van der Waals surface area contributed by atoms with Gasteiger partial charge in [-0.1, -0.05) is 0 Å². The quantitative estimate of drug-likeness (QED) is 0.896. The van der Waals surface area contributed by atoms with Crippen molar-refractivity contribution in [3.63, 3.8) is 0 Å². The minimum Gasteiger partial charge on any atom is -0.497 e. The molecule has 0 atom stereocenters. The van der Waals surface area contributed by atoms with E-state index in [1.807, 2.05) is 37.3 Å². The van der Waals surface area contributed by atoms with Crippen LogP contribution in [0.1, 0.15) is 26.5 Å². The van der Waals surface area contributed by atoms with Crippen LogP contribution in [0.25, 0.3) is 0 Å². The first-order valence-electron chi connectivity index (χ1n) is 6.91. The zero-order chi connectivity index (χ0) is 15.5. The first-order valence-corrected chi connectivity index (χ1v) is 6.91. The van der Waals surface area contributed by atoms with Gasteiger partial charge in [0.1, 0.15) is 11.6 Å². The molecular weight excluding hydrogens is 264 g/mol. The normalized spacial score (nSPS) is 11.1. The molecule has 5 nitrogen and oxygen atoms in total. The molecule has 1 aromatic carbocycles. The van der Waals surface area contributed by atoms with Crippen LogP contribution in [0.5, 0.6) is 5.75 Å². The van der Waals surface area contributed by atoms with E-state index in [0.717, 1.165) is 22.9 Å². The van der Waals surface area contributed by atoms with Crippen molar-refractivity contribution in [3.05, 3.63) is 36.0 Å². The molecule has 5 heteroatoms. The summed E-state index contributed by atoms with van der Waals surface area (Å²) in [4.78, 5) is 8.90. The Bertz CT molecular complexity index is 603. The van der Waals surface area contributed by atoms with Gasteiger partial charge in [-0.2, -0.15) is 4.98 Å². The highest BCUT2D eigenvalue weighted by Crippen LogP contribution is 2.20. The lowest BCUT2D eigenvalue weighted by Gasteiger charge is -2.21. The molecule has 0 bridgehead atoms. The van der Waals surface area contributed by atoms with Crippen molar-refractivity contribution in [2.45, 2.75) is 33.2 Å². The maximum absolute atomic E-state index is 5.14. The summed E-state index contributed by atoms with van der Waals surface area (Å²) in [6.07, 6.45) is 0. The summed E-state index contributed by atoms with van der Waals surface area (Å²) in [7, 11) is 1.65. The summed E-state index contributed by atoms with van der Waals surface area (Å²) in [5.41, 5.74) is 1.79. The Morgan fingerprint density at radius 3 is 2.29 bits per heavy atom. The summed E-state index contributed by atoms with van der Waals surface area (Å²) in [5, 5.41) is 6.56. The molecule has 0 spiro atoms. The van der Waals surface area contributed by atoms with E-state index in [0.29, 0.717) is 5.95 Å².